The molecule has 1 aliphatic heterocycles. The van der Waals surface area contributed by atoms with Crippen molar-refractivity contribution in [1.82, 2.24) is 5.32 Å². The van der Waals surface area contributed by atoms with Crippen LogP contribution in [0.2, 0.25) is 5.02 Å². The minimum absolute atomic E-state index is 0.0873. The van der Waals surface area contributed by atoms with Crippen LogP contribution in [-0.2, 0) is 4.79 Å². The first-order valence-electron chi connectivity index (χ1n) is 9.41. The molecule has 0 radical (unpaired) electrons. The second-order valence-corrected chi connectivity index (χ2v) is 7.98. The molecule has 2 aromatic rings. The van der Waals surface area contributed by atoms with E-state index in [1.54, 1.807) is 18.2 Å². The average Bonchev–Trinajstić information content (AvgIpc) is 3.30. The molecule has 1 saturated carbocycles. The summed E-state index contributed by atoms with van der Waals surface area (Å²) in [5.74, 6) is -3.74. The van der Waals surface area contributed by atoms with Crippen molar-refractivity contribution in [2.45, 2.75) is 31.5 Å². The van der Waals surface area contributed by atoms with E-state index in [1.807, 2.05) is 0 Å². The standard InChI is InChI=1S/C21H17ClF4N2O2/c22-15-7-6-12(23)9-14(15)18-17-13(20(30)28-18)2-1-3-16(17)27-19(29)10-4-5-11(8-10)21(24,25)26/h1-3,6-7,9-11,18H,4-5,8H2,(H,27,29)(H,28,30)/t10-,11+,18-/m1/s1. The molecule has 0 saturated heterocycles. The molecule has 158 valence electrons. The van der Waals surface area contributed by atoms with Gasteiger partial charge in [0.15, 0.2) is 0 Å². The molecule has 1 aliphatic carbocycles. The van der Waals surface area contributed by atoms with Gasteiger partial charge < -0.3 is 10.6 Å². The van der Waals surface area contributed by atoms with E-state index in [0.717, 1.165) is 0 Å². The predicted molar refractivity (Wildman–Crippen MR) is 103 cm³/mol. The van der Waals surface area contributed by atoms with Gasteiger partial charge in [0, 0.05) is 33.3 Å². The van der Waals surface area contributed by atoms with Crippen LogP contribution < -0.4 is 10.6 Å². The number of hydrogen-bond acceptors (Lipinski definition) is 2. The second-order valence-electron chi connectivity index (χ2n) is 7.58. The molecule has 2 aliphatic rings. The monoisotopic (exact) mass is 440 g/mol. The van der Waals surface area contributed by atoms with Gasteiger partial charge in [0.25, 0.3) is 5.91 Å². The number of hydrogen-bond donors (Lipinski definition) is 2. The molecular formula is C21H17ClF4N2O2. The van der Waals surface area contributed by atoms with Gasteiger partial charge in [-0.15, -0.1) is 0 Å². The van der Waals surface area contributed by atoms with Crippen LogP contribution in [0.3, 0.4) is 0 Å². The van der Waals surface area contributed by atoms with Crippen LogP contribution >= 0.6 is 11.6 Å². The highest BCUT2D eigenvalue weighted by atomic mass is 35.5. The molecule has 0 spiro atoms. The summed E-state index contributed by atoms with van der Waals surface area (Å²) in [7, 11) is 0. The first kappa shape index (κ1) is 20.7. The topological polar surface area (TPSA) is 58.2 Å². The molecule has 2 aromatic carbocycles. The van der Waals surface area contributed by atoms with E-state index < -0.39 is 41.7 Å². The van der Waals surface area contributed by atoms with Crippen LogP contribution in [-0.4, -0.2) is 18.0 Å². The third kappa shape index (κ3) is 3.76. The maximum Gasteiger partial charge on any atom is 0.391 e. The zero-order valence-electron chi connectivity index (χ0n) is 15.5. The summed E-state index contributed by atoms with van der Waals surface area (Å²) >= 11 is 6.20. The number of anilines is 1. The molecule has 0 bridgehead atoms. The lowest BCUT2D eigenvalue weighted by Crippen LogP contribution is -2.25. The lowest BCUT2D eigenvalue weighted by molar-refractivity contribution is -0.173. The summed E-state index contributed by atoms with van der Waals surface area (Å²) in [5.41, 5.74) is 1.31. The van der Waals surface area contributed by atoms with Crippen molar-refractivity contribution in [3.8, 4) is 0 Å². The van der Waals surface area contributed by atoms with Gasteiger partial charge in [-0.05, 0) is 49.6 Å². The Bertz CT molecular complexity index is 1020. The number of rotatable bonds is 3. The smallest absolute Gasteiger partial charge is 0.341 e. The molecule has 2 amide bonds. The highest BCUT2D eigenvalue weighted by Crippen LogP contribution is 2.43. The largest absolute Gasteiger partial charge is 0.391 e. The van der Waals surface area contributed by atoms with Crippen LogP contribution in [0.1, 0.15) is 46.8 Å². The molecule has 2 N–H and O–H groups in total. The van der Waals surface area contributed by atoms with Crippen LogP contribution in [0, 0.1) is 17.7 Å². The Kier molecular flexibility index (Phi) is 5.22. The van der Waals surface area contributed by atoms with E-state index in [1.165, 1.54) is 18.2 Å². The fourth-order valence-electron chi connectivity index (χ4n) is 4.19. The fraction of sp³-hybridized carbons (Fsp3) is 0.333. The normalized spacial score (nSPS) is 23.2. The Morgan fingerprint density at radius 2 is 1.93 bits per heavy atom. The molecule has 30 heavy (non-hydrogen) atoms. The number of alkyl halides is 3. The molecule has 1 fully saturated rings. The van der Waals surface area contributed by atoms with E-state index in [4.69, 9.17) is 11.6 Å². The Labute approximate surface area is 174 Å². The van der Waals surface area contributed by atoms with Crippen molar-refractivity contribution >= 4 is 29.1 Å². The summed E-state index contributed by atoms with van der Waals surface area (Å²) in [4.78, 5) is 25.1. The van der Waals surface area contributed by atoms with Gasteiger partial charge in [-0.25, -0.2) is 4.39 Å². The molecule has 0 aromatic heterocycles. The van der Waals surface area contributed by atoms with Crippen molar-refractivity contribution in [2.75, 3.05) is 5.32 Å². The van der Waals surface area contributed by atoms with Gasteiger partial charge in [0.2, 0.25) is 5.91 Å². The number of benzene rings is 2. The maximum atomic E-state index is 13.8. The summed E-state index contributed by atoms with van der Waals surface area (Å²) < 4.78 is 52.6. The van der Waals surface area contributed by atoms with Gasteiger partial charge in [0.05, 0.1) is 12.0 Å². The minimum atomic E-state index is -4.32. The third-order valence-electron chi connectivity index (χ3n) is 5.71. The van der Waals surface area contributed by atoms with E-state index in [-0.39, 0.29) is 35.5 Å². The number of carbonyl (C=O) groups is 2. The lowest BCUT2D eigenvalue weighted by atomic mass is 9.95. The first-order valence-corrected chi connectivity index (χ1v) is 9.79. The van der Waals surface area contributed by atoms with E-state index >= 15 is 0 Å². The average molecular weight is 441 g/mol. The first-order chi connectivity index (χ1) is 14.1. The molecule has 9 heteroatoms. The quantitative estimate of drug-likeness (QED) is 0.642. The van der Waals surface area contributed by atoms with Gasteiger partial charge in [0.1, 0.15) is 5.82 Å². The van der Waals surface area contributed by atoms with Crippen molar-refractivity contribution in [1.29, 1.82) is 0 Å². The Balaban J connectivity index is 1.63. The number of carbonyl (C=O) groups excluding carboxylic acids is 2. The molecular weight excluding hydrogens is 424 g/mol. The fourth-order valence-corrected chi connectivity index (χ4v) is 4.41. The number of amides is 2. The predicted octanol–water partition coefficient (Wildman–Crippen LogP) is 5.23. The summed E-state index contributed by atoms with van der Waals surface area (Å²) in [6.45, 7) is 0. The molecule has 1 heterocycles. The van der Waals surface area contributed by atoms with Crippen molar-refractivity contribution in [3.63, 3.8) is 0 Å². The van der Waals surface area contributed by atoms with Crippen LogP contribution in [0.15, 0.2) is 36.4 Å². The van der Waals surface area contributed by atoms with Crippen molar-refractivity contribution < 1.29 is 27.2 Å². The van der Waals surface area contributed by atoms with Crippen LogP contribution in [0.4, 0.5) is 23.2 Å². The summed E-state index contributed by atoms with van der Waals surface area (Å²) in [5, 5.41) is 5.63. The maximum absolute atomic E-state index is 13.8. The van der Waals surface area contributed by atoms with Crippen LogP contribution in [0.25, 0.3) is 0 Å². The lowest BCUT2D eigenvalue weighted by Gasteiger charge is -2.19. The van der Waals surface area contributed by atoms with Crippen LogP contribution in [0.5, 0.6) is 0 Å². The van der Waals surface area contributed by atoms with E-state index in [9.17, 15) is 27.2 Å². The second kappa shape index (κ2) is 7.58. The highest BCUT2D eigenvalue weighted by Gasteiger charge is 2.46. The molecule has 4 nitrogen and oxygen atoms in total. The third-order valence-corrected chi connectivity index (χ3v) is 6.05. The molecule has 4 rings (SSSR count). The number of nitrogens with one attached hydrogen (secondary N) is 2. The SMILES string of the molecule is O=C1N[C@H](c2cc(F)ccc2Cl)c2c(NC(=O)[C@@H]3CC[C@H](C(F)(F)F)C3)cccc21. The van der Waals surface area contributed by atoms with E-state index in [0.29, 0.717) is 11.1 Å². The zero-order chi connectivity index (χ0) is 21.6. The summed E-state index contributed by atoms with van der Waals surface area (Å²) in [6.07, 6.45) is -4.53. The number of halogens is 5. The molecule has 0 unspecified atom stereocenters. The van der Waals surface area contributed by atoms with Crippen molar-refractivity contribution in [3.05, 3.63) is 63.9 Å². The Morgan fingerprint density at radius 1 is 1.17 bits per heavy atom. The van der Waals surface area contributed by atoms with Gasteiger partial charge in [-0.1, -0.05) is 17.7 Å². The molecule has 3 atom stereocenters. The van der Waals surface area contributed by atoms with Gasteiger partial charge in [-0.2, -0.15) is 13.2 Å². The number of fused-ring (bicyclic) bond motifs is 1. The van der Waals surface area contributed by atoms with Crippen molar-refractivity contribution in [2.24, 2.45) is 11.8 Å². The summed E-state index contributed by atoms with van der Waals surface area (Å²) in [6, 6.07) is 7.65. The zero-order valence-corrected chi connectivity index (χ0v) is 16.3. The van der Waals surface area contributed by atoms with Gasteiger partial charge in [-0.3, -0.25) is 9.59 Å². The van der Waals surface area contributed by atoms with Gasteiger partial charge >= 0.3 is 6.18 Å². The minimum Gasteiger partial charge on any atom is -0.341 e. The Hall–Kier alpha value is -2.61. The highest BCUT2D eigenvalue weighted by molar-refractivity contribution is 6.31. The van der Waals surface area contributed by atoms with E-state index in [2.05, 4.69) is 10.6 Å². The Morgan fingerprint density at radius 3 is 2.63 bits per heavy atom.